The van der Waals surface area contributed by atoms with E-state index in [2.05, 4.69) is 0 Å². The van der Waals surface area contributed by atoms with Crippen LogP contribution in [0.3, 0.4) is 0 Å². The van der Waals surface area contributed by atoms with Crippen molar-refractivity contribution in [3.63, 3.8) is 0 Å². The predicted molar refractivity (Wildman–Crippen MR) is 71.2 cm³/mol. The second kappa shape index (κ2) is 5.08. The van der Waals surface area contributed by atoms with Gasteiger partial charge in [0.25, 0.3) is 0 Å². The maximum Gasteiger partial charge on any atom is 0.115 e. The van der Waals surface area contributed by atoms with Crippen LogP contribution in [-0.2, 0) is 0 Å². The van der Waals surface area contributed by atoms with Crippen molar-refractivity contribution in [2.45, 2.75) is 6.10 Å². The van der Waals surface area contributed by atoms with E-state index in [-0.39, 0.29) is 5.75 Å². The van der Waals surface area contributed by atoms with Gasteiger partial charge in [-0.2, -0.15) is 0 Å². The van der Waals surface area contributed by atoms with Crippen molar-refractivity contribution >= 4 is 17.1 Å². The molecule has 2 aromatic rings. The van der Waals surface area contributed by atoms with Crippen molar-refractivity contribution in [2.24, 2.45) is 0 Å². The summed E-state index contributed by atoms with van der Waals surface area (Å²) in [5.41, 5.74) is 1.51. The minimum Gasteiger partial charge on any atom is -0.508 e. The fraction of sp³-hybridized carbons (Fsp3) is 0.0714. The zero-order valence-electron chi connectivity index (χ0n) is 9.08. The molecule has 2 nitrogen and oxygen atoms in total. The van der Waals surface area contributed by atoms with E-state index in [0.29, 0.717) is 10.4 Å². The van der Waals surface area contributed by atoms with Crippen LogP contribution >= 0.6 is 12.2 Å². The monoisotopic (exact) mass is 244 g/mol. The van der Waals surface area contributed by atoms with Crippen LogP contribution in [0.4, 0.5) is 0 Å². The molecule has 86 valence electrons. The highest BCUT2D eigenvalue weighted by atomic mass is 32.1. The van der Waals surface area contributed by atoms with Gasteiger partial charge in [0.1, 0.15) is 11.9 Å². The number of aliphatic hydroxyl groups is 1. The Morgan fingerprint density at radius 3 is 2.12 bits per heavy atom. The van der Waals surface area contributed by atoms with Crippen LogP contribution < -0.4 is 0 Å². The summed E-state index contributed by atoms with van der Waals surface area (Å²) in [6, 6.07) is 15.8. The van der Waals surface area contributed by atoms with E-state index < -0.39 is 6.10 Å². The van der Waals surface area contributed by atoms with Crippen LogP contribution in [0.5, 0.6) is 5.75 Å². The zero-order valence-corrected chi connectivity index (χ0v) is 9.89. The van der Waals surface area contributed by atoms with Crippen molar-refractivity contribution in [3.8, 4) is 5.75 Å². The second-order valence-corrected chi connectivity index (χ2v) is 4.16. The third-order valence-corrected chi connectivity index (χ3v) is 2.97. The van der Waals surface area contributed by atoms with Gasteiger partial charge >= 0.3 is 0 Å². The van der Waals surface area contributed by atoms with Gasteiger partial charge in [-0.15, -0.1) is 0 Å². The van der Waals surface area contributed by atoms with E-state index in [9.17, 15) is 10.2 Å². The maximum absolute atomic E-state index is 10.1. The van der Waals surface area contributed by atoms with Crippen molar-refractivity contribution in [3.05, 3.63) is 65.7 Å². The normalized spacial score (nSPS) is 12.1. The molecule has 0 aliphatic heterocycles. The molecule has 1 unspecified atom stereocenters. The van der Waals surface area contributed by atoms with E-state index in [0.717, 1.165) is 5.56 Å². The number of phenols is 1. The van der Waals surface area contributed by atoms with Gasteiger partial charge in [-0.05, 0) is 23.3 Å². The highest BCUT2D eigenvalue weighted by molar-refractivity contribution is 7.81. The number of hydrogen-bond donors (Lipinski definition) is 2. The van der Waals surface area contributed by atoms with Gasteiger partial charge < -0.3 is 10.2 Å². The Balaban J connectivity index is 2.23. The lowest BCUT2D eigenvalue weighted by Gasteiger charge is -2.12. The topological polar surface area (TPSA) is 40.5 Å². The third kappa shape index (κ3) is 2.70. The summed E-state index contributed by atoms with van der Waals surface area (Å²) in [7, 11) is 0. The largest absolute Gasteiger partial charge is 0.508 e. The molecule has 0 bridgehead atoms. The first kappa shape index (κ1) is 11.8. The summed E-state index contributed by atoms with van der Waals surface area (Å²) in [6.45, 7) is 0. The molecule has 2 aromatic carbocycles. The molecule has 0 saturated heterocycles. The summed E-state index contributed by atoms with van der Waals surface area (Å²) >= 11 is 5.25. The van der Waals surface area contributed by atoms with Crippen LogP contribution in [0.1, 0.15) is 17.2 Å². The van der Waals surface area contributed by atoms with E-state index >= 15 is 0 Å². The van der Waals surface area contributed by atoms with E-state index in [4.69, 9.17) is 12.2 Å². The van der Waals surface area contributed by atoms with Gasteiger partial charge in [0, 0.05) is 0 Å². The van der Waals surface area contributed by atoms with Crippen LogP contribution in [0, 0.1) is 0 Å². The Hall–Kier alpha value is -1.71. The average Bonchev–Trinajstić information content (AvgIpc) is 2.39. The molecule has 1 atom stereocenters. The fourth-order valence-electron chi connectivity index (χ4n) is 1.57. The Labute approximate surface area is 105 Å². The Bertz CT molecular complexity index is 506. The second-order valence-electron chi connectivity index (χ2n) is 3.72. The van der Waals surface area contributed by atoms with E-state index in [1.165, 1.54) is 12.1 Å². The van der Waals surface area contributed by atoms with Gasteiger partial charge in [0.15, 0.2) is 0 Å². The van der Waals surface area contributed by atoms with Crippen molar-refractivity contribution < 1.29 is 10.2 Å². The van der Waals surface area contributed by atoms with Gasteiger partial charge in [0.05, 0.1) is 4.86 Å². The smallest absolute Gasteiger partial charge is 0.115 e. The summed E-state index contributed by atoms with van der Waals surface area (Å²) in [5, 5.41) is 19.3. The molecule has 0 amide bonds. The zero-order chi connectivity index (χ0) is 12.3. The van der Waals surface area contributed by atoms with Crippen LogP contribution in [0.15, 0.2) is 54.6 Å². The van der Waals surface area contributed by atoms with Gasteiger partial charge in [-0.25, -0.2) is 0 Å². The molecule has 2 N–H and O–H groups in total. The molecule has 2 rings (SSSR count). The number of thiocarbonyl (C=S) groups is 1. The minimum atomic E-state index is -0.826. The van der Waals surface area contributed by atoms with Gasteiger partial charge in [-0.3, -0.25) is 0 Å². The molecule has 0 aliphatic rings. The van der Waals surface area contributed by atoms with Gasteiger partial charge in [-0.1, -0.05) is 54.7 Å². The molecular formula is C14H12O2S. The van der Waals surface area contributed by atoms with Crippen LogP contribution in [-0.4, -0.2) is 15.1 Å². The lowest BCUT2D eigenvalue weighted by molar-refractivity contribution is 0.250. The van der Waals surface area contributed by atoms with Crippen molar-refractivity contribution in [2.75, 3.05) is 0 Å². The van der Waals surface area contributed by atoms with Crippen LogP contribution in [0.25, 0.3) is 0 Å². The summed E-state index contributed by atoms with van der Waals surface area (Å²) < 4.78 is 0. The number of rotatable bonds is 3. The Morgan fingerprint density at radius 2 is 1.53 bits per heavy atom. The average molecular weight is 244 g/mol. The number of benzene rings is 2. The summed E-state index contributed by atoms with van der Waals surface area (Å²) in [4.78, 5) is 0.483. The predicted octanol–water partition coefficient (Wildman–Crippen LogP) is 2.84. The molecule has 3 heteroatoms. The lowest BCUT2D eigenvalue weighted by Crippen LogP contribution is -2.10. The van der Waals surface area contributed by atoms with Crippen LogP contribution in [0.2, 0.25) is 0 Å². The molecule has 0 radical (unpaired) electrons. The maximum atomic E-state index is 10.1. The minimum absolute atomic E-state index is 0.173. The molecule has 0 fully saturated rings. The first-order valence-electron chi connectivity index (χ1n) is 5.25. The molecule has 0 aromatic heterocycles. The Morgan fingerprint density at radius 1 is 0.941 bits per heavy atom. The third-order valence-electron chi connectivity index (χ3n) is 2.52. The number of hydrogen-bond acceptors (Lipinski definition) is 3. The van der Waals surface area contributed by atoms with E-state index in [1.54, 1.807) is 12.1 Å². The van der Waals surface area contributed by atoms with Crippen molar-refractivity contribution in [1.29, 1.82) is 0 Å². The number of phenolic OH excluding ortho intramolecular Hbond substituents is 1. The number of aromatic hydroxyl groups is 1. The first-order chi connectivity index (χ1) is 8.18. The molecule has 0 aliphatic carbocycles. The lowest BCUT2D eigenvalue weighted by atomic mass is 10.0. The van der Waals surface area contributed by atoms with E-state index in [1.807, 2.05) is 30.3 Å². The number of aliphatic hydroxyl groups excluding tert-OH is 1. The quantitative estimate of drug-likeness (QED) is 0.644. The molecule has 0 spiro atoms. The summed E-state index contributed by atoms with van der Waals surface area (Å²) in [5.74, 6) is 0.173. The molecule has 0 heterocycles. The highest BCUT2D eigenvalue weighted by Crippen LogP contribution is 2.21. The molecule has 0 saturated carbocycles. The fourth-order valence-corrected chi connectivity index (χ4v) is 1.84. The molecule has 17 heavy (non-hydrogen) atoms. The Kier molecular flexibility index (Phi) is 3.52. The molecular weight excluding hydrogens is 232 g/mol. The first-order valence-corrected chi connectivity index (χ1v) is 5.65. The van der Waals surface area contributed by atoms with Crippen molar-refractivity contribution in [1.82, 2.24) is 0 Å². The SMILES string of the molecule is Oc1ccc(C(O)C(=S)c2ccccc2)cc1. The highest BCUT2D eigenvalue weighted by Gasteiger charge is 2.14. The summed E-state index contributed by atoms with van der Waals surface area (Å²) in [6.07, 6.45) is -0.826. The van der Waals surface area contributed by atoms with Gasteiger partial charge in [0.2, 0.25) is 0 Å². The standard InChI is InChI=1S/C14H12O2S/c15-12-8-6-10(7-9-12)13(16)14(17)11-4-2-1-3-5-11/h1-9,13,15-16H.